The van der Waals surface area contributed by atoms with Gasteiger partial charge in [-0.3, -0.25) is 19.2 Å². The molecular weight excluding hydrogens is 502 g/mol. The summed E-state index contributed by atoms with van der Waals surface area (Å²) in [6.45, 7) is 14.5. The third kappa shape index (κ3) is 12.2. The molecule has 2 atom stereocenters. The number of benzene rings is 1. The molecule has 0 radical (unpaired) electrons. The lowest BCUT2D eigenvalue weighted by atomic mass is 9.93. The quantitative estimate of drug-likeness (QED) is 0.199. The van der Waals surface area contributed by atoms with Crippen LogP contribution in [0.4, 0.5) is 10.5 Å². The number of carbonyl (C=O) groups is 5. The van der Waals surface area contributed by atoms with Gasteiger partial charge in [-0.15, -0.1) is 0 Å². The zero-order chi connectivity index (χ0) is 30.0. The summed E-state index contributed by atoms with van der Waals surface area (Å²) < 4.78 is 5.31. The van der Waals surface area contributed by atoms with E-state index in [0.717, 1.165) is 5.56 Å². The maximum Gasteiger partial charge on any atom is 0.312 e. The number of anilines is 1. The number of nitrogens with one attached hydrogen (secondary N) is 4. The predicted molar refractivity (Wildman–Crippen MR) is 149 cm³/mol. The van der Waals surface area contributed by atoms with Crippen molar-refractivity contribution in [2.45, 2.75) is 86.9 Å². The van der Waals surface area contributed by atoms with Gasteiger partial charge in [-0.2, -0.15) is 0 Å². The second-order valence-corrected chi connectivity index (χ2v) is 12.0. The van der Waals surface area contributed by atoms with Gasteiger partial charge in [-0.1, -0.05) is 46.8 Å². The highest BCUT2D eigenvalue weighted by molar-refractivity contribution is 5.98. The Hall–Kier alpha value is -3.63. The summed E-state index contributed by atoms with van der Waals surface area (Å²) in [4.78, 5) is 61.8. The Morgan fingerprint density at radius 3 is 1.95 bits per heavy atom. The third-order valence-corrected chi connectivity index (χ3v) is 5.72. The number of nitrogens with two attached hydrogens (primary N) is 1. The van der Waals surface area contributed by atoms with E-state index >= 15 is 0 Å². The van der Waals surface area contributed by atoms with Crippen LogP contribution in [0.25, 0.3) is 0 Å². The van der Waals surface area contributed by atoms with Crippen molar-refractivity contribution in [3.8, 4) is 0 Å². The van der Waals surface area contributed by atoms with E-state index in [1.165, 1.54) is 0 Å². The van der Waals surface area contributed by atoms with Crippen molar-refractivity contribution in [3.63, 3.8) is 0 Å². The van der Waals surface area contributed by atoms with Gasteiger partial charge in [0, 0.05) is 17.6 Å². The van der Waals surface area contributed by atoms with E-state index < -0.39 is 40.8 Å². The summed E-state index contributed by atoms with van der Waals surface area (Å²) in [5, 5.41) is 10.8. The average Bonchev–Trinajstić information content (AvgIpc) is 2.81. The van der Waals surface area contributed by atoms with Crippen LogP contribution in [-0.4, -0.2) is 48.4 Å². The number of hydrogen-bond acceptors (Lipinski definition) is 6. The van der Waals surface area contributed by atoms with Crippen molar-refractivity contribution >= 4 is 35.4 Å². The molecule has 0 saturated heterocycles. The zero-order valence-electron chi connectivity index (χ0n) is 24.4. The van der Waals surface area contributed by atoms with E-state index in [-0.39, 0.29) is 37.4 Å². The molecule has 0 aliphatic heterocycles. The number of ether oxygens (including phenoxy) is 1. The summed E-state index contributed by atoms with van der Waals surface area (Å²) >= 11 is 0. The minimum Gasteiger partial charge on any atom is -0.460 e. The maximum absolute atomic E-state index is 13.2. The van der Waals surface area contributed by atoms with Gasteiger partial charge in [-0.05, 0) is 57.2 Å². The molecule has 1 aromatic carbocycles. The topological polar surface area (TPSA) is 169 Å². The molecule has 218 valence electrons. The molecule has 0 fully saturated rings. The van der Waals surface area contributed by atoms with Gasteiger partial charge in [0.2, 0.25) is 17.7 Å². The highest BCUT2D eigenvalue weighted by Crippen LogP contribution is 2.18. The molecule has 0 bridgehead atoms. The Morgan fingerprint density at radius 1 is 0.872 bits per heavy atom. The molecular formula is C28H45N5O6. The van der Waals surface area contributed by atoms with Gasteiger partial charge in [-0.25, -0.2) is 4.79 Å². The van der Waals surface area contributed by atoms with E-state index in [1.807, 2.05) is 0 Å². The fraction of sp³-hybridized carbons (Fsp3) is 0.607. The molecule has 11 heteroatoms. The highest BCUT2D eigenvalue weighted by Gasteiger charge is 2.32. The minimum atomic E-state index is -0.938. The number of carbonyl (C=O) groups excluding carboxylic acids is 5. The van der Waals surface area contributed by atoms with Crippen LogP contribution in [0.3, 0.4) is 0 Å². The Labute approximate surface area is 231 Å². The number of rotatable bonds is 12. The van der Waals surface area contributed by atoms with Crippen LogP contribution in [0.1, 0.15) is 73.8 Å². The first-order valence-corrected chi connectivity index (χ1v) is 13.1. The number of urea groups is 1. The van der Waals surface area contributed by atoms with Gasteiger partial charge in [0.05, 0.1) is 5.41 Å². The SMILES string of the molecule is CC(C)C(NC(=O)C(C)(C)C)C(=O)NC(CCCNC(N)=O)C(=O)Nc1ccc(COC(=O)C(C)(C)C)cc1. The molecule has 11 nitrogen and oxygen atoms in total. The lowest BCUT2D eigenvalue weighted by Gasteiger charge is -2.28. The lowest BCUT2D eigenvalue weighted by molar-refractivity contribution is -0.154. The van der Waals surface area contributed by atoms with E-state index in [2.05, 4.69) is 21.3 Å². The zero-order valence-corrected chi connectivity index (χ0v) is 24.4. The molecule has 1 rings (SSSR count). The van der Waals surface area contributed by atoms with Crippen LogP contribution in [0, 0.1) is 16.7 Å². The standard InChI is InChI=1S/C28H45N5O6/c1-17(2)21(33-24(36)27(3,4)5)23(35)32-20(10-9-15-30-26(29)38)22(34)31-19-13-11-18(12-14-19)16-39-25(37)28(6,7)8/h11-14,17,20-21H,9-10,15-16H2,1-8H3,(H,31,34)(H,32,35)(H,33,36)(H3,29,30,38). The van der Waals surface area contributed by atoms with Crippen LogP contribution in [0.15, 0.2) is 24.3 Å². The van der Waals surface area contributed by atoms with E-state index in [9.17, 15) is 24.0 Å². The van der Waals surface area contributed by atoms with Crippen molar-refractivity contribution in [1.29, 1.82) is 0 Å². The van der Waals surface area contributed by atoms with Crippen molar-refractivity contribution < 1.29 is 28.7 Å². The Balaban J connectivity index is 2.95. The minimum absolute atomic E-state index is 0.104. The second kappa shape index (κ2) is 14.5. The first-order valence-electron chi connectivity index (χ1n) is 13.1. The average molecular weight is 548 g/mol. The Morgan fingerprint density at radius 2 is 1.46 bits per heavy atom. The fourth-order valence-electron chi connectivity index (χ4n) is 3.22. The summed E-state index contributed by atoms with van der Waals surface area (Å²) in [7, 11) is 0. The van der Waals surface area contributed by atoms with Crippen LogP contribution >= 0.6 is 0 Å². The molecule has 0 aromatic heterocycles. The van der Waals surface area contributed by atoms with E-state index in [1.54, 1.807) is 79.7 Å². The van der Waals surface area contributed by atoms with E-state index in [4.69, 9.17) is 10.5 Å². The first kappa shape index (κ1) is 33.4. The number of hydrogen-bond donors (Lipinski definition) is 5. The van der Waals surface area contributed by atoms with Crippen LogP contribution in [0.2, 0.25) is 0 Å². The van der Waals surface area contributed by atoms with Gasteiger partial charge in [0.1, 0.15) is 18.7 Å². The molecule has 39 heavy (non-hydrogen) atoms. The summed E-state index contributed by atoms with van der Waals surface area (Å²) in [6, 6.07) is 4.34. The van der Waals surface area contributed by atoms with Crippen molar-refractivity contribution in [1.82, 2.24) is 16.0 Å². The molecule has 0 heterocycles. The molecule has 2 unspecified atom stereocenters. The number of esters is 1. The van der Waals surface area contributed by atoms with E-state index in [0.29, 0.717) is 12.1 Å². The molecule has 0 spiro atoms. The first-order chi connectivity index (χ1) is 17.9. The molecule has 5 amide bonds. The van der Waals surface area contributed by atoms with Crippen LogP contribution < -0.4 is 27.0 Å². The molecule has 1 aromatic rings. The number of amides is 5. The Bertz CT molecular complexity index is 1010. The van der Waals surface area contributed by atoms with Crippen LogP contribution in [0.5, 0.6) is 0 Å². The van der Waals surface area contributed by atoms with Crippen molar-refractivity contribution in [3.05, 3.63) is 29.8 Å². The maximum atomic E-state index is 13.2. The van der Waals surface area contributed by atoms with Gasteiger partial charge >= 0.3 is 12.0 Å². The molecule has 6 N–H and O–H groups in total. The third-order valence-electron chi connectivity index (χ3n) is 5.72. The Kier molecular flexibility index (Phi) is 12.4. The summed E-state index contributed by atoms with van der Waals surface area (Å²) in [5.74, 6) is -1.77. The van der Waals surface area contributed by atoms with Gasteiger partial charge < -0.3 is 31.7 Å². The van der Waals surface area contributed by atoms with Gasteiger partial charge in [0.25, 0.3) is 0 Å². The smallest absolute Gasteiger partial charge is 0.312 e. The highest BCUT2D eigenvalue weighted by atomic mass is 16.5. The summed E-state index contributed by atoms with van der Waals surface area (Å²) in [6.07, 6.45) is 0.594. The monoisotopic (exact) mass is 547 g/mol. The molecule has 0 aliphatic carbocycles. The molecule has 0 saturated carbocycles. The predicted octanol–water partition coefficient (Wildman–Crippen LogP) is 2.83. The number of primary amides is 1. The van der Waals surface area contributed by atoms with Crippen LogP contribution in [-0.2, 0) is 30.5 Å². The van der Waals surface area contributed by atoms with Crippen molar-refractivity contribution in [2.24, 2.45) is 22.5 Å². The lowest BCUT2D eigenvalue weighted by Crippen LogP contribution is -2.56. The second-order valence-electron chi connectivity index (χ2n) is 12.0. The van der Waals surface area contributed by atoms with Crippen molar-refractivity contribution in [2.75, 3.05) is 11.9 Å². The van der Waals surface area contributed by atoms with Gasteiger partial charge in [0.15, 0.2) is 0 Å². The summed E-state index contributed by atoms with van der Waals surface area (Å²) in [5.41, 5.74) is 5.05. The normalized spacial score (nSPS) is 13.2. The largest absolute Gasteiger partial charge is 0.460 e. The molecule has 0 aliphatic rings. The fourth-order valence-corrected chi connectivity index (χ4v) is 3.22.